The molecule has 0 aliphatic rings. The zero-order valence-electron chi connectivity index (χ0n) is 17.2. The molecule has 0 radical (unpaired) electrons. The van der Waals surface area contributed by atoms with Crippen LogP contribution in [-0.4, -0.2) is 26.0 Å². The first-order chi connectivity index (χ1) is 15.6. The van der Waals surface area contributed by atoms with E-state index >= 15 is 0 Å². The maximum absolute atomic E-state index is 12.3. The molecular formula is C24H20N6OS. The molecule has 2 aromatic heterocycles. The second-order valence-electron chi connectivity index (χ2n) is 6.94. The van der Waals surface area contributed by atoms with Gasteiger partial charge in [-0.05, 0) is 67.2 Å². The van der Waals surface area contributed by atoms with Crippen LogP contribution in [-0.2, 0) is 0 Å². The van der Waals surface area contributed by atoms with Gasteiger partial charge >= 0.3 is 0 Å². The number of carbonyl (C=O) groups is 1. The third-order valence-electron chi connectivity index (χ3n) is 4.62. The van der Waals surface area contributed by atoms with E-state index in [2.05, 4.69) is 30.9 Å². The van der Waals surface area contributed by atoms with E-state index in [0.29, 0.717) is 11.5 Å². The van der Waals surface area contributed by atoms with Crippen molar-refractivity contribution in [1.82, 2.24) is 20.3 Å². The number of aromatic nitrogens is 3. The minimum atomic E-state index is -0.269. The topological polar surface area (TPSA) is 91.8 Å². The lowest BCUT2D eigenvalue weighted by atomic mass is 10.2. The summed E-state index contributed by atoms with van der Waals surface area (Å²) < 4.78 is 0. The summed E-state index contributed by atoms with van der Waals surface area (Å²) in [5, 5.41) is 9.19. The summed E-state index contributed by atoms with van der Waals surface area (Å²) in [5.41, 5.74) is 4.76. The molecule has 4 rings (SSSR count). The number of rotatable bonds is 5. The van der Waals surface area contributed by atoms with E-state index < -0.39 is 0 Å². The molecular weight excluding hydrogens is 420 g/mol. The van der Waals surface area contributed by atoms with Crippen molar-refractivity contribution < 1.29 is 4.79 Å². The molecule has 0 bridgehead atoms. The number of aryl methyl sites for hydroxylation is 1. The quantitative estimate of drug-likeness (QED) is 0.387. The van der Waals surface area contributed by atoms with E-state index in [9.17, 15) is 4.79 Å². The highest BCUT2D eigenvalue weighted by molar-refractivity contribution is 7.80. The monoisotopic (exact) mass is 440 g/mol. The van der Waals surface area contributed by atoms with Gasteiger partial charge in [0.1, 0.15) is 0 Å². The Kier molecular flexibility index (Phi) is 6.43. The van der Waals surface area contributed by atoms with Crippen molar-refractivity contribution in [2.45, 2.75) is 6.92 Å². The van der Waals surface area contributed by atoms with Gasteiger partial charge in [-0.1, -0.05) is 24.3 Å². The summed E-state index contributed by atoms with van der Waals surface area (Å²) in [7, 11) is 0. The van der Waals surface area contributed by atoms with Gasteiger partial charge in [0.05, 0.1) is 5.69 Å². The number of amides is 1. The molecule has 0 aliphatic carbocycles. The Hall–Kier alpha value is -4.17. The molecule has 32 heavy (non-hydrogen) atoms. The van der Waals surface area contributed by atoms with Gasteiger partial charge in [-0.25, -0.2) is 9.97 Å². The Bertz CT molecular complexity index is 1250. The van der Waals surface area contributed by atoms with E-state index in [1.54, 1.807) is 42.9 Å². The average Bonchev–Trinajstić information content (AvgIpc) is 2.82. The molecule has 0 atom stereocenters. The summed E-state index contributed by atoms with van der Waals surface area (Å²) >= 11 is 5.30. The molecule has 0 aliphatic heterocycles. The number of hydrogen-bond donors (Lipinski definition) is 3. The first kappa shape index (κ1) is 21.1. The molecule has 8 heteroatoms. The van der Waals surface area contributed by atoms with Gasteiger partial charge < -0.3 is 10.6 Å². The first-order valence-electron chi connectivity index (χ1n) is 9.87. The van der Waals surface area contributed by atoms with Crippen LogP contribution < -0.4 is 16.0 Å². The Balaban J connectivity index is 1.46. The van der Waals surface area contributed by atoms with Crippen molar-refractivity contribution in [3.05, 3.63) is 96.4 Å². The highest BCUT2D eigenvalue weighted by atomic mass is 32.1. The Labute approximate surface area is 191 Å². The van der Waals surface area contributed by atoms with Crippen LogP contribution >= 0.6 is 12.2 Å². The van der Waals surface area contributed by atoms with Gasteiger partial charge in [-0.2, -0.15) is 0 Å². The zero-order valence-corrected chi connectivity index (χ0v) is 18.1. The fraction of sp³-hybridized carbons (Fsp3) is 0.0417. The van der Waals surface area contributed by atoms with Crippen molar-refractivity contribution in [2.24, 2.45) is 0 Å². The Morgan fingerprint density at radius 3 is 2.59 bits per heavy atom. The molecule has 7 nitrogen and oxygen atoms in total. The lowest BCUT2D eigenvalue weighted by molar-refractivity contribution is 0.0977. The fourth-order valence-corrected chi connectivity index (χ4v) is 3.19. The van der Waals surface area contributed by atoms with Crippen LogP contribution in [0.1, 0.15) is 15.9 Å². The molecule has 0 spiro atoms. The average molecular weight is 441 g/mol. The van der Waals surface area contributed by atoms with E-state index in [1.807, 2.05) is 49.4 Å². The van der Waals surface area contributed by atoms with Crippen LogP contribution in [0.5, 0.6) is 0 Å². The van der Waals surface area contributed by atoms with Crippen molar-refractivity contribution in [2.75, 3.05) is 10.6 Å². The molecule has 0 fully saturated rings. The van der Waals surface area contributed by atoms with Crippen LogP contribution in [0.3, 0.4) is 0 Å². The minimum Gasteiger partial charge on any atom is -0.332 e. The maximum atomic E-state index is 12.3. The molecule has 2 heterocycles. The number of hydrogen-bond acceptors (Lipinski definition) is 6. The number of carbonyl (C=O) groups excluding carboxylic acids is 1. The molecule has 4 aromatic rings. The van der Waals surface area contributed by atoms with E-state index in [-0.39, 0.29) is 11.0 Å². The van der Waals surface area contributed by atoms with Gasteiger partial charge in [0, 0.05) is 41.1 Å². The van der Waals surface area contributed by atoms with Crippen LogP contribution in [0, 0.1) is 6.92 Å². The lowest BCUT2D eigenvalue weighted by Crippen LogP contribution is -2.34. The van der Waals surface area contributed by atoms with E-state index in [1.165, 1.54) is 0 Å². The van der Waals surface area contributed by atoms with Gasteiger partial charge in [-0.3, -0.25) is 15.1 Å². The predicted octanol–water partition coefficient (Wildman–Crippen LogP) is 4.72. The zero-order chi connectivity index (χ0) is 22.3. The number of thiocarbonyl (C=S) groups is 1. The third-order valence-corrected chi connectivity index (χ3v) is 4.82. The molecule has 3 N–H and O–H groups in total. The molecule has 0 unspecified atom stereocenters. The van der Waals surface area contributed by atoms with E-state index in [0.717, 1.165) is 28.2 Å². The SMILES string of the molecule is Cc1ccc(NC(=S)NC(=O)c2ccccc2)cc1Nc1nccc(-c2cccnc2)n1. The first-order valence-corrected chi connectivity index (χ1v) is 10.3. The van der Waals surface area contributed by atoms with Crippen molar-refractivity contribution in [3.8, 4) is 11.3 Å². The van der Waals surface area contributed by atoms with Crippen molar-refractivity contribution in [1.29, 1.82) is 0 Å². The van der Waals surface area contributed by atoms with Crippen molar-refractivity contribution in [3.63, 3.8) is 0 Å². The van der Waals surface area contributed by atoms with Gasteiger partial charge in [0.2, 0.25) is 5.95 Å². The standard InChI is InChI=1S/C24H20N6OS/c1-16-9-10-19(27-24(32)30-22(31)17-6-3-2-4-7-17)14-21(16)29-23-26-13-11-20(28-23)18-8-5-12-25-15-18/h2-15H,1H3,(H,26,28,29)(H2,27,30,31,32). The molecule has 1 amide bonds. The van der Waals surface area contributed by atoms with Gasteiger partial charge in [-0.15, -0.1) is 0 Å². The second-order valence-corrected chi connectivity index (χ2v) is 7.34. The van der Waals surface area contributed by atoms with Crippen LogP contribution in [0.2, 0.25) is 0 Å². The maximum Gasteiger partial charge on any atom is 0.257 e. The number of anilines is 3. The highest BCUT2D eigenvalue weighted by Crippen LogP contribution is 2.24. The Morgan fingerprint density at radius 1 is 0.969 bits per heavy atom. The summed E-state index contributed by atoms with van der Waals surface area (Å²) in [6, 6.07) is 20.3. The molecule has 158 valence electrons. The number of nitrogens with zero attached hydrogens (tertiary/aromatic N) is 3. The fourth-order valence-electron chi connectivity index (χ4n) is 2.98. The smallest absolute Gasteiger partial charge is 0.257 e. The normalized spacial score (nSPS) is 10.3. The second kappa shape index (κ2) is 9.76. The number of benzene rings is 2. The Morgan fingerprint density at radius 2 is 1.81 bits per heavy atom. The molecule has 0 saturated heterocycles. The van der Waals surface area contributed by atoms with Crippen molar-refractivity contribution >= 4 is 40.6 Å². The third kappa shape index (κ3) is 5.30. The lowest BCUT2D eigenvalue weighted by Gasteiger charge is -2.13. The summed E-state index contributed by atoms with van der Waals surface area (Å²) in [5.74, 6) is 0.195. The van der Waals surface area contributed by atoms with Gasteiger partial charge in [0.25, 0.3) is 5.91 Å². The van der Waals surface area contributed by atoms with Crippen LogP contribution in [0.4, 0.5) is 17.3 Å². The minimum absolute atomic E-state index is 0.212. The largest absolute Gasteiger partial charge is 0.332 e. The van der Waals surface area contributed by atoms with Crippen LogP contribution in [0.25, 0.3) is 11.3 Å². The molecule has 2 aromatic carbocycles. The number of pyridine rings is 1. The highest BCUT2D eigenvalue weighted by Gasteiger charge is 2.09. The molecule has 0 saturated carbocycles. The summed E-state index contributed by atoms with van der Waals surface area (Å²) in [6.07, 6.45) is 5.17. The number of nitrogens with one attached hydrogen (secondary N) is 3. The predicted molar refractivity (Wildman–Crippen MR) is 130 cm³/mol. The summed E-state index contributed by atoms with van der Waals surface area (Å²) in [6.45, 7) is 1.98. The van der Waals surface area contributed by atoms with E-state index in [4.69, 9.17) is 12.2 Å². The van der Waals surface area contributed by atoms with Crippen LogP contribution in [0.15, 0.2) is 85.3 Å². The summed E-state index contributed by atoms with van der Waals surface area (Å²) in [4.78, 5) is 25.3. The van der Waals surface area contributed by atoms with Gasteiger partial charge in [0.15, 0.2) is 5.11 Å².